The van der Waals surface area contributed by atoms with Crippen LogP contribution in [0.4, 0.5) is 9.59 Å². The first kappa shape index (κ1) is 24.2. The Morgan fingerprint density at radius 3 is 2.12 bits per heavy atom. The third-order valence-corrected chi connectivity index (χ3v) is 7.77. The highest BCUT2D eigenvalue weighted by molar-refractivity contribution is 7.24. The number of benzene rings is 2. The quantitative estimate of drug-likeness (QED) is 0.272. The fourth-order valence-corrected chi connectivity index (χ4v) is 5.61. The van der Waals surface area contributed by atoms with Crippen molar-refractivity contribution in [2.75, 3.05) is 13.1 Å². The van der Waals surface area contributed by atoms with Crippen LogP contribution in [-0.4, -0.2) is 49.7 Å². The molecule has 4 aromatic rings. The van der Waals surface area contributed by atoms with Gasteiger partial charge in [0, 0.05) is 29.8 Å². The van der Waals surface area contributed by atoms with Gasteiger partial charge in [-0.25, -0.2) is 9.59 Å². The normalized spacial score (nSPS) is 11.3. The van der Waals surface area contributed by atoms with Gasteiger partial charge in [-0.3, -0.25) is 4.40 Å². The van der Waals surface area contributed by atoms with Gasteiger partial charge in [0.15, 0.2) is 0 Å². The zero-order valence-corrected chi connectivity index (χ0v) is 20.9. The molecule has 0 aliphatic carbocycles. The van der Waals surface area contributed by atoms with Crippen molar-refractivity contribution in [1.82, 2.24) is 14.2 Å². The number of carbonyl (C=O) groups is 2. The zero-order valence-electron chi connectivity index (χ0n) is 18.6. The van der Waals surface area contributed by atoms with Crippen LogP contribution in [0.1, 0.15) is 25.0 Å². The molecule has 2 N–H and O–H groups in total. The first-order chi connectivity index (χ1) is 16.3. The molecule has 2 aromatic heterocycles. The molecule has 7 nitrogen and oxygen atoms in total. The van der Waals surface area contributed by atoms with Gasteiger partial charge in [-0.1, -0.05) is 41.4 Å². The molecule has 0 bridgehead atoms. The standard InChI is InChI=1S/C24H23Cl2N3O4S/c1-3-27(23(30)31)12-15-16(13-28(4-2)24(32)33)22-29(19-7-5-6-8-20(19)34-22)21(15)14-9-10-17(25)18(26)11-14/h5-11H,3-4,12-13H2,1-2H3,(H,30,31)(H,32,33). The third-order valence-electron chi connectivity index (χ3n) is 5.84. The maximum absolute atomic E-state index is 11.9. The maximum Gasteiger partial charge on any atom is 0.407 e. The summed E-state index contributed by atoms with van der Waals surface area (Å²) in [7, 11) is 0. The molecule has 0 aliphatic heterocycles. The second kappa shape index (κ2) is 9.74. The van der Waals surface area contributed by atoms with Gasteiger partial charge in [0.1, 0.15) is 4.83 Å². The van der Waals surface area contributed by atoms with Gasteiger partial charge in [-0.2, -0.15) is 0 Å². The number of hydrogen-bond donors (Lipinski definition) is 2. The molecule has 0 spiro atoms. The van der Waals surface area contributed by atoms with Crippen LogP contribution in [0.2, 0.25) is 10.0 Å². The van der Waals surface area contributed by atoms with E-state index in [0.29, 0.717) is 16.6 Å². The Morgan fingerprint density at radius 1 is 0.912 bits per heavy atom. The van der Waals surface area contributed by atoms with Gasteiger partial charge >= 0.3 is 12.2 Å². The Bertz CT molecular complexity index is 1400. The summed E-state index contributed by atoms with van der Waals surface area (Å²) in [5.74, 6) is 0. The number of carboxylic acid groups (broad SMARTS) is 2. The van der Waals surface area contributed by atoms with Crippen LogP contribution < -0.4 is 0 Å². The summed E-state index contributed by atoms with van der Waals surface area (Å²) in [4.78, 5) is 27.3. The number of hydrogen-bond acceptors (Lipinski definition) is 3. The lowest BCUT2D eigenvalue weighted by molar-refractivity contribution is 0.141. The fraction of sp³-hybridized carbons (Fsp3) is 0.250. The summed E-state index contributed by atoms with van der Waals surface area (Å²) >= 11 is 14.1. The van der Waals surface area contributed by atoms with Crippen LogP contribution in [-0.2, 0) is 13.1 Å². The van der Waals surface area contributed by atoms with E-state index in [1.165, 1.54) is 9.80 Å². The number of thiazole rings is 1. The van der Waals surface area contributed by atoms with E-state index in [1.54, 1.807) is 37.3 Å². The van der Waals surface area contributed by atoms with Crippen molar-refractivity contribution in [2.24, 2.45) is 0 Å². The molecule has 0 aliphatic rings. The second-order valence-electron chi connectivity index (χ2n) is 7.74. The van der Waals surface area contributed by atoms with E-state index in [0.717, 1.165) is 37.4 Å². The summed E-state index contributed by atoms with van der Waals surface area (Å²) in [5.41, 5.74) is 4.04. The summed E-state index contributed by atoms with van der Waals surface area (Å²) in [6, 6.07) is 13.2. The predicted molar refractivity (Wildman–Crippen MR) is 136 cm³/mol. The Hall–Kier alpha value is -2.94. The van der Waals surface area contributed by atoms with Crippen molar-refractivity contribution >= 4 is 61.8 Å². The van der Waals surface area contributed by atoms with Crippen LogP contribution in [0.15, 0.2) is 42.5 Å². The number of fused-ring (bicyclic) bond motifs is 3. The molecule has 10 heteroatoms. The Labute approximate surface area is 210 Å². The summed E-state index contributed by atoms with van der Waals surface area (Å²) in [6.45, 7) is 4.38. The molecule has 2 aromatic carbocycles. The third kappa shape index (κ3) is 4.29. The largest absolute Gasteiger partial charge is 0.465 e. The first-order valence-electron chi connectivity index (χ1n) is 10.7. The van der Waals surface area contributed by atoms with Gasteiger partial charge < -0.3 is 20.0 Å². The van der Waals surface area contributed by atoms with E-state index in [1.807, 2.05) is 30.3 Å². The molecule has 2 amide bonds. The lowest BCUT2D eigenvalue weighted by Gasteiger charge is -2.21. The number of para-hydroxylation sites is 1. The van der Waals surface area contributed by atoms with E-state index in [9.17, 15) is 19.8 Å². The van der Waals surface area contributed by atoms with Crippen molar-refractivity contribution in [3.8, 4) is 11.3 Å². The molecule has 34 heavy (non-hydrogen) atoms. The highest BCUT2D eigenvalue weighted by Crippen LogP contribution is 2.42. The topological polar surface area (TPSA) is 85.5 Å². The number of nitrogens with zero attached hydrogens (tertiary/aromatic N) is 3. The lowest BCUT2D eigenvalue weighted by Crippen LogP contribution is -2.31. The average molecular weight is 520 g/mol. The van der Waals surface area contributed by atoms with Crippen molar-refractivity contribution in [3.63, 3.8) is 0 Å². The van der Waals surface area contributed by atoms with Gasteiger partial charge in [0.25, 0.3) is 0 Å². The van der Waals surface area contributed by atoms with E-state index in [4.69, 9.17) is 23.2 Å². The van der Waals surface area contributed by atoms with Crippen molar-refractivity contribution in [3.05, 3.63) is 63.6 Å². The molecular weight excluding hydrogens is 497 g/mol. The SMILES string of the molecule is CCN(Cc1c(CN(CC)C(=O)O)c2sc3ccccc3n2c1-c1ccc(Cl)c(Cl)c1)C(=O)O. The van der Waals surface area contributed by atoms with Crippen molar-refractivity contribution in [2.45, 2.75) is 26.9 Å². The van der Waals surface area contributed by atoms with Gasteiger partial charge in [-0.15, -0.1) is 11.3 Å². The van der Waals surface area contributed by atoms with Gasteiger partial charge in [0.05, 0.1) is 39.0 Å². The second-order valence-corrected chi connectivity index (χ2v) is 9.58. The first-order valence-corrected chi connectivity index (χ1v) is 12.3. The van der Waals surface area contributed by atoms with Crippen molar-refractivity contribution in [1.29, 1.82) is 0 Å². The van der Waals surface area contributed by atoms with Gasteiger partial charge in [0.2, 0.25) is 0 Å². The summed E-state index contributed by atoms with van der Waals surface area (Å²) in [5, 5.41) is 20.3. The lowest BCUT2D eigenvalue weighted by atomic mass is 10.0. The van der Waals surface area contributed by atoms with Crippen LogP contribution in [0.25, 0.3) is 26.3 Å². The van der Waals surface area contributed by atoms with Crippen LogP contribution in [0.3, 0.4) is 0 Å². The molecule has 0 atom stereocenters. The molecule has 0 fully saturated rings. The maximum atomic E-state index is 11.9. The van der Waals surface area contributed by atoms with Crippen LogP contribution in [0.5, 0.6) is 0 Å². The van der Waals surface area contributed by atoms with E-state index in [-0.39, 0.29) is 19.6 Å². The molecule has 178 valence electrons. The molecular formula is C24H23Cl2N3O4S. The number of rotatable bonds is 7. The fourth-order valence-electron chi connectivity index (χ4n) is 4.10. The number of amides is 2. The number of aromatic nitrogens is 1. The van der Waals surface area contributed by atoms with E-state index >= 15 is 0 Å². The van der Waals surface area contributed by atoms with Gasteiger partial charge in [-0.05, 0) is 38.1 Å². The summed E-state index contributed by atoms with van der Waals surface area (Å²) in [6.07, 6.45) is -2.07. The summed E-state index contributed by atoms with van der Waals surface area (Å²) < 4.78 is 3.12. The highest BCUT2D eigenvalue weighted by atomic mass is 35.5. The minimum absolute atomic E-state index is 0.108. The molecule has 0 radical (unpaired) electrons. The molecule has 4 rings (SSSR count). The minimum atomic E-state index is -1.04. The molecule has 2 heterocycles. The molecule has 0 saturated heterocycles. The van der Waals surface area contributed by atoms with Crippen molar-refractivity contribution < 1.29 is 19.8 Å². The highest BCUT2D eigenvalue weighted by Gasteiger charge is 2.27. The van der Waals surface area contributed by atoms with E-state index < -0.39 is 12.2 Å². The average Bonchev–Trinajstić information content (AvgIpc) is 3.31. The Morgan fingerprint density at radius 2 is 1.53 bits per heavy atom. The zero-order chi connectivity index (χ0) is 24.6. The van der Waals surface area contributed by atoms with E-state index in [2.05, 4.69) is 4.40 Å². The van der Waals surface area contributed by atoms with Crippen LogP contribution in [0, 0.1) is 0 Å². The molecule has 0 unspecified atom stereocenters. The Balaban J connectivity index is 2.09. The van der Waals surface area contributed by atoms with Crippen LogP contribution >= 0.6 is 34.5 Å². The monoisotopic (exact) mass is 519 g/mol. The Kier molecular flexibility index (Phi) is 6.93. The predicted octanol–water partition coefficient (Wildman–Crippen LogP) is 7.13. The minimum Gasteiger partial charge on any atom is -0.465 e. The number of halogens is 2. The smallest absolute Gasteiger partial charge is 0.407 e. The molecule has 0 saturated carbocycles.